The Morgan fingerprint density at radius 3 is 2.62 bits per heavy atom. The van der Waals surface area contributed by atoms with E-state index in [1.807, 2.05) is 24.3 Å². The Kier molecular flexibility index (Phi) is 5.61. The second kappa shape index (κ2) is 7.45. The minimum atomic E-state index is -0.921. The van der Waals surface area contributed by atoms with E-state index >= 15 is 0 Å². The van der Waals surface area contributed by atoms with Crippen molar-refractivity contribution in [2.45, 2.75) is 38.3 Å². The van der Waals surface area contributed by atoms with Gasteiger partial charge < -0.3 is 15.3 Å². The second-order valence-corrected chi connectivity index (χ2v) is 6.10. The highest BCUT2D eigenvalue weighted by Gasteiger charge is 2.30. The number of benzene rings is 1. The van der Waals surface area contributed by atoms with Crippen LogP contribution in [0.1, 0.15) is 31.2 Å². The first-order chi connectivity index (χ1) is 10.1. The first-order valence-electron chi connectivity index (χ1n) is 7.09. The predicted octanol–water partition coefficient (Wildman–Crippen LogP) is 2.99. The Morgan fingerprint density at radius 2 is 1.95 bits per heavy atom. The molecular formula is C15H19BrN2O3. The quantitative estimate of drug-likeness (QED) is 0.876. The van der Waals surface area contributed by atoms with Gasteiger partial charge >= 0.3 is 12.0 Å². The van der Waals surface area contributed by atoms with E-state index in [0.717, 1.165) is 29.3 Å². The van der Waals surface area contributed by atoms with Gasteiger partial charge in [0.2, 0.25) is 0 Å². The summed E-state index contributed by atoms with van der Waals surface area (Å²) in [5.41, 5.74) is 0.980. The number of carbonyl (C=O) groups is 2. The summed E-state index contributed by atoms with van der Waals surface area (Å²) in [6.07, 6.45) is 3.21. The number of hydrogen-bond acceptors (Lipinski definition) is 2. The molecule has 2 rings (SSSR count). The number of aliphatic carboxylic acids is 1. The van der Waals surface area contributed by atoms with E-state index in [9.17, 15) is 14.7 Å². The van der Waals surface area contributed by atoms with Gasteiger partial charge in [-0.1, -0.05) is 40.9 Å². The molecule has 1 heterocycles. The highest BCUT2D eigenvalue weighted by atomic mass is 79.9. The number of nitrogens with one attached hydrogen (secondary N) is 1. The van der Waals surface area contributed by atoms with Crippen molar-refractivity contribution in [1.82, 2.24) is 10.2 Å². The number of carboxylic acid groups (broad SMARTS) is 1. The van der Waals surface area contributed by atoms with Crippen molar-refractivity contribution in [3.05, 3.63) is 34.3 Å². The molecule has 1 aliphatic heterocycles. The Bertz CT molecular complexity index is 504. The van der Waals surface area contributed by atoms with Crippen LogP contribution >= 0.6 is 15.9 Å². The van der Waals surface area contributed by atoms with E-state index in [-0.39, 0.29) is 6.03 Å². The molecular weight excluding hydrogens is 336 g/mol. The van der Waals surface area contributed by atoms with Gasteiger partial charge in [0.05, 0.1) is 0 Å². The SMILES string of the molecule is O=C(O)C1CCCCCN1C(=O)NCc1ccc(Br)cc1. The molecule has 1 aromatic rings. The van der Waals surface area contributed by atoms with Crippen LogP contribution in [0.3, 0.4) is 0 Å². The lowest BCUT2D eigenvalue weighted by Gasteiger charge is -2.27. The number of urea groups is 1. The van der Waals surface area contributed by atoms with Gasteiger partial charge in [0.25, 0.3) is 0 Å². The van der Waals surface area contributed by atoms with Crippen molar-refractivity contribution < 1.29 is 14.7 Å². The molecule has 0 bridgehead atoms. The van der Waals surface area contributed by atoms with Crippen LogP contribution in [0.25, 0.3) is 0 Å². The normalized spacial score (nSPS) is 18.9. The van der Waals surface area contributed by atoms with Crippen molar-refractivity contribution in [1.29, 1.82) is 0 Å². The number of amides is 2. The molecule has 0 radical (unpaired) electrons. The molecule has 1 aliphatic rings. The Balaban J connectivity index is 1.96. The highest BCUT2D eigenvalue weighted by Crippen LogP contribution is 2.17. The maximum atomic E-state index is 12.2. The minimum absolute atomic E-state index is 0.299. The average molecular weight is 355 g/mol. The van der Waals surface area contributed by atoms with Crippen LogP contribution < -0.4 is 5.32 Å². The van der Waals surface area contributed by atoms with E-state index in [1.54, 1.807) is 0 Å². The third-order valence-corrected chi connectivity index (χ3v) is 4.18. The molecule has 0 aliphatic carbocycles. The van der Waals surface area contributed by atoms with Crippen LogP contribution in [0, 0.1) is 0 Å². The minimum Gasteiger partial charge on any atom is -0.480 e. The summed E-state index contributed by atoms with van der Waals surface area (Å²) in [7, 11) is 0. The second-order valence-electron chi connectivity index (χ2n) is 5.18. The Hall–Kier alpha value is -1.56. The molecule has 1 aromatic carbocycles. The maximum absolute atomic E-state index is 12.2. The van der Waals surface area contributed by atoms with Crippen LogP contribution in [0.5, 0.6) is 0 Å². The molecule has 5 nitrogen and oxygen atoms in total. The first-order valence-corrected chi connectivity index (χ1v) is 7.89. The number of nitrogens with zero attached hydrogens (tertiary/aromatic N) is 1. The fourth-order valence-corrected chi connectivity index (χ4v) is 2.75. The van der Waals surface area contributed by atoms with E-state index in [2.05, 4.69) is 21.2 Å². The summed E-state index contributed by atoms with van der Waals surface area (Å²) in [4.78, 5) is 25.0. The zero-order valence-electron chi connectivity index (χ0n) is 11.7. The van der Waals surface area contributed by atoms with Gasteiger partial charge in [0, 0.05) is 17.6 Å². The van der Waals surface area contributed by atoms with Gasteiger partial charge in [-0.25, -0.2) is 9.59 Å². The van der Waals surface area contributed by atoms with Crippen molar-refractivity contribution >= 4 is 27.9 Å². The van der Waals surface area contributed by atoms with Gasteiger partial charge in [0.1, 0.15) is 6.04 Å². The van der Waals surface area contributed by atoms with E-state index in [4.69, 9.17) is 0 Å². The monoisotopic (exact) mass is 354 g/mol. The average Bonchev–Trinajstić information content (AvgIpc) is 2.72. The third-order valence-electron chi connectivity index (χ3n) is 3.66. The third kappa shape index (κ3) is 4.46. The van der Waals surface area contributed by atoms with E-state index in [0.29, 0.717) is 19.5 Å². The van der Waals surface area contributed by atoms with Crippen molar-refractivity contribution in [3.8, 4) is 0 Å². The van der Waals surface area contributed by atoms with E-state index in [1.165, 1.54) is 4.90 Å². The summed E-state index contributed by atoms with van der Waals surface area (Å²) in [5, 5.41) is 12.1. The molecule has 114 valence electrons. The fourth-order valence-electron chi connectivity index (χ4n) is 2.49. The van der Waals surface area contributed by atoms with E-state index < -0.39 is 12.0 Å². The fraction of sp³-hybridized carbons (Fsp3) is 0.467. The lowest BCUT2D eigenvalue weighted by Crippen LogP contribution is -2.49. The van der Waals surface area contributed by atoms with Crippen LogP contribution in [-0.4, -0.2) is 34.6 Å². The first kappa shape index (κ1) is 15.8. The Morgan fingerprint density at radius 1 is 1.24 bits per heavy atom. The molecule has 0 saturated carbocycles. The maximum Gasteiger partial charge on any atom is 0.326 e. The highest BCUT2D eigenvalue weighted by molar-refractivity contribution is 9.10. The summed E-state index contributed by atoms with van der Waals surface area (Å²) in [6, 6.07) is 6.65. The summed E-state index contributed by atoms with van der Waals surface area (Å²) >= 11 is 3.36. The van der Waals surface area contributed by atoms with Crippen LogP contribution in [0.15, 0.2) is 28.7 Å². The molecule has 21 heavy (non-hydrogen) atoms. The summed E-state index contributed by atoms with van der Waals surface area (Å²) in [6.45, 7) is 0.901. The summed E-state index contributed by atoms with van der Waals surface area (Å²) in [5.74, 6) is -0.921. The number of rotatable bonds is 3. The molecule has 6 heteroatoms. The topological polar surface area (TPSA) is 69.6 Å². The van der Waals surface area contributed by atoms with Crippen LogP contribution in [-0.2, 0) is 11.3 Å². The zero-order valence-corrected chi connectivity index (χ0v) is 13.3. The molecule has 1 saturated heterocycles. The predicted molar refractivity (Wildman–Crippen MR) is 83.0 cm³/mol. The molecule has 1 atom stereocenters. The molecule has 0 spiro atoms. The molecule has 1 fully saturated rings. The van der Waals surface area contributed by atoms with Gasteiger partial charge in [0.15, 0.2) is 0 Å². The van der Waals surface area contributed by atoms with Crippen molar-refractivity contribution in [3.63, 3.8) is 0 Å². The van der Waals surface area contributed by atoms with Crippen LogP contribution in [0.4, 0.5) is 4.79 Å². The number of likely N-dealkylation sites (tertiary alicyclic amines) is 1. The molecule has 2 N–H and O–H groups in total. The smallest absolute Gasteiger partial charge is 0.326 e. The zero-order chi connectivity index (χ0) is 15.2. The lowest BCUT2D eigenvalue weighted by molar-refractivity contribution is -0.142. The number of halogens is 1. The van der Waals surface area contributed by atoms with Gasteiger partial charge in [-0.3, -0.25) is 0 Å². The van der Waals surface area contributed by atoms with Crippen molar-refractivity contribution in [2.24, 2.45) is 0 Å². The molecule has 1 unspecified atom stereocenters. The standard InChI is InChI=1S/C15H19BrN2O3/c16-12-7-5-11(6-8-12)10-17-15(21)18-9-3-1-2-4-13(18)14(19)20/h5-8,13H,1-4,9-10H2,(H,17,21)(H,19,20). The Labute approximate surface area is 132 Å². The van der Waals surface area contributed by atoms with Crippen molar-refractivity contribution in [2.75, 3.05) is 6.54 Å². The van der Waals surface area contributed by atoms with Gasteiger partial charge in [-0.05, 0) is 30.5 Å². The largest absolute Gasteiger partial charge is 0.480 e. The van der Waals surface area contributed by atoms with Gasteiger partial charge in [-0.15, -0.1) is 0 Å². The van der Waals surface area contributed by atoms with Crippen LogP contribution in [0.2, 0.25) is 0 Å². The number of carboxylic acids is 1. The molecule has 0 aromatic heterocycles. The number of hydrogen-bond donors (Lipinski definition) is 2. The van der Waals surface area contributed by atoms with Gasteiger partial charge in [-0.2, -0.15) is 0 Å². The lowest BCUT2D eigenvalue weighted by atomic mass is 10.1. The summed E-state index contributed by atoms with van der Waals surface area (Å²) < 4.78 is 0.982. The molecule has 2 amide bonds. The number of carbonyl (C=O) groups excluding carboxylic acids is 1.